The Bertz CT molecular complexity index is 476. The zero-order chi connectivity index (χ0) is 13.8. The lowest BCUT2D eigenvalue weighted by Gasteiger charge is -2.20. The van der Waals surface area contributed by atoms with Gasteiger partial charge in [0.1, 0.15) is 0 Å². The van der Waals surface area contributed by atoms with Gasteiger partial charge in [-0.15, -0.1) is 0 Å². The molecule has 1 aromatic rings. The minimum Gasteiger partial charge on any atom is -0.376 e. The van der Waals surface area contributed by atoms with E-state index in [9.17, 15) is 4.79 Å². The predicted octanol–water partition coefficient (Wildman–Crippen LogP) is 2.99. The summed E-state index contributed by atoms with van der Waals surface area (Å²) in [5.41, 5.74) is 4.03. The van der Waals surface area contributed by atoms with Gasteiger partial charge in [0.05, 0.1) is 6.54 Å². The summed E-state index contributed by atoms with van der Waals surface area (Å²) in [6.45, 7) is 2.30. The normalized spacial score (nSPS) is 18.5. The van der Waals surface area contributed by atoms with E-state index in [4.69, 9.17) is 0 Å². The Labute approximate surface area is 121 Å². The minimum absolute atomic E-state index is 0.243. The lowest BCUT2D eigenvalue weighted by molar-refractivity contribution is -0.129. The monoisotopic (exact) mass is 272 g/mol. The molecular weight excluding hydrogens is 248 g/mol. The Kier molecular flexibility index (Phi) is 4.24. The van der Waals surface area contributed by atoms with Gasteiger partial charge in [0.15, 0.2) is 0 Å². The van der Waals surface area contributed by atoms with Crippen molar-refractivity contribution in [1.29, 1.82) is 0 Å². The molecule has 1 heterocycles. The van der Waals surface area contributed by atoms with E-state index in [1.165, 1.54) is 43.2 Å². The lowest BCUT2D eigenvalue weighted by atomic mass is 10.1. The second kappa shape index (κ2) is 6.29. The largest absolute Gasteiger partial charge is 0.376 e. The topological polar surface area (TPSA) is 32.3 Å². The van der Waals surface area contributed by atoms with Crippen LogP contribution in [-0.4, -0.2) is 30.4 Å². The Hall–Kier alpha value is -1.51. The Balaban J connectivity index is 1.54. The van der Waals surface area contributed by atoms with Crippen LogP contribution in [-0.2, 0) is 17.6 Å². The molecular formula is C17H24N2O. The SMILES string of the molecule is O=C(CNc1ccc2c(c1)CCC2)N1CCCCCC1. The fourth-order valence-corrected chi connectivity index (χ4v) is 3.29. The predicted molar refractivity (Wildman–Crippen MR) is 82.0 cm³/mol. The molecule has 0 unspecified atom stereocenters. The first-order chi connectivity index (χ1) is 9.83. The zero-order valence-corrected chi connectivity index (χ0v) is 12.2. The number of aryl methyl sites for hydroxylation is 2. The molecule has 1 N–H and O–H groups in total. The van der Waals surface area contributed by atoms with Crippen LogP contribution in [0.1, 0.15) is 43.2 Å². The molecule has 2 aliphatic rings. The number of fused-ring (bicyclic) bond motifs is 1. The molecule has 108 valence electrons. The van der Waals surface area contributed by atoms with Crippen molar-refractivity contribution in [3.8, 4) is 0 Å². The number of rotatable bonds is 3. The Morgan fingerprint density at radius 2 is 1.75 bits per heavy atom. The first kappa shape index (κ1) is 13.5. The smallest absolute Gasteiger partial charge is 0.241 e. The number of nitrogens with one attached hydrogen (secondary N) is 1. The van der Waals surface area contributed by atoms with Gasteiger partial charge in [-0.25, -0.2) is 0 Å². The number of anilines is 1. The van der Waals surface area contributed by atoms with Crippen LogP contribution in [0.2, 0.25) is 0 Å². The van der Waals surface area contributed by atoms with Crippen molar-refractivity contribution in [2.75, 3.05) is 25.0 Å². The highest BCUT2D eigenvalue weighted by Gasteiger charge is 2.15. The quantitative estimate of drug-likeness (QED) is 0.917. The van der Waals surface area contributed by atoms with Crippen LogP contribution in [0.25, 0.3) is 0 Å². The number of likely N-dealkylation sites (tertiary alicyclic amines) is 1. The zero-order valence-electron chi connectivity index (χ0n) is 12.2. The summed E-state index contributed by atoms with van der Waals surface area (Å²) in [7, 11) is 0. The molecule has 20 heavy (non-hydrogen) atoms. The molecule has 1 amide bonds. The number of hydrogen-bond acceptors (Lipinski definition) is 2. The molecule has 0 atom stereocenters. The third-order valence-corrected chi connectivity index (χ3v) is 4.50. The summed E-state index contributed by atoms with van der Waals surface area (Å²) in [6, 6.07) is 6.54. The number of carbonyl (C=O) groups is 1. The Morgan fingerprint density at radius 3 is 2.55 bits per heavy atom. The van der Waals surface area contributed by atoms with Crippen molar-refractivity contribution in [1.82, 2.24) is 4.90 Å². The van der Waals surface area contributed by atoms with Crippen molar-refractivity contribution < 1.29 is 4.79 Å². The van der Waals surface area contributed by atoms with Gasteiger partial charge in [0.2, 0.25) is 5.91 Å². The third-order valence-electron chi connectivity index (χ3n) is 4.50. The maximum atomic E-state index is 12.2. The minimum atomic E-state index is 0.243. The number of carbonyl (C=O) groups excluding carboxylic acids is 1. The van der Waals surface area contributed by atoms with Crippen LogP contribution < -0.4 is 5.32 Å². The summed E-state index contributed by atoms with van der Waals surface area (Å²) in [4.78, 5) is 14.2. The Morgan fingerprint density at radius 1 is 1.00 bits per heavy atom. The van der Waals surface area contributed by atoms with Gasteiger partial charge in [-0.1, -0.05) is 18.9 Å². The van der Waals surface area contributed by atoms with E-state index in [1.54, 1.807) is 0 Å². The van der Waals surface area contributed by atoms with Crippen molar-refractivity contribution in [3.63, 3.8) is 0 Å². The van der Waals surface area contributed by atoms with E-state index < -0.39 is 0 Å². The highest BCUT2D eigenvalue weighted by Crippen LogP contribution is 2.24. The molecule has 1 aromatic carbocycles. The first-order valence-electron chi connectivity index (χ1n) is 7.96. The van der Waals surface area contributed by atoms with E-state index in [-0.39, 0.29) is 5.91 Å². The van der Waals surface area contributed by atoms with E-state index in [0.29, 0.717) is 6.54 Å². The fraction of sp³-hybridized carbons (Fsp3) is 0.588. The first-order valence-corrected chi connectivity index (χ1v) is 7.96. The van der Waals surface area contributed by atoms with Crippen LogP contribution >= 0.6 is 0 Å². The van der Waals surface area contributed by atoms with Gasteiger partial charge < -0.3 is 10.2 Å². The standard InChI is InChI=1S/C17H24N2O/c20-17(19-10-3-1-2-4-11-19)13-18-16-9-8-14-6-5-7-15(14)12-16/h8-9,12,18H,1-7,10-11,13H2. The van der Waals surface area contributed by atoms with Gasteiger partial charge in [0, 0.05) is 18.8 Å². The van der Waals surface area contributed by atoms with Gasteiger partial charge in [-0.2, -0.15) is 0 Å². The molecule has 3 nitrogen and oxygen atoms in total. The van der Waals surface area contributed by atoms with Crippen LogP contribution in [0.4, 0.5) is 5.69 Å². The second-order valence-corrected chi connectivity index (χ2v) is 5.99. The molecule has 0 aromatic heterocycles. The van der Waals surface area contributed by atoms with Gasteiger partial charge >= 0.3 is 0 Å². The number of amides is 1. The molecule has 3 rings (SSSR count). The van der Waals surface area contributed by atoms with Gasteiger partial charge in [-0.3, -0.25) is 4.79 Å². The molecule has 3 heteroatoms. The van der Waals surface area contributed by atoms with Crippen molar-refractivity contribution in [2.24, 2.45) is 0 Å². The average molecular weight is 272 g/mol. The number of nitrogens with zero attached hydrogens (tertiary/aromatic N) is 1. The second-order valence-electron chi connectivity index (χ2n) is 5.99. The molecule has 1 saturated heterocycles. The highest BCUT2D eigenvalue weighted by molar-refractivity contribution is 5.81. The van der Waals surface area contributed by atoms with E-state index in [0.717, 1.165) is 31.6 Å². The fourth-order valence-electron chi connectivity index (χ4n) is 3.29. The molecule has 1 fully saturated rings. The third kappa shape index (κ3) is 3.14. The summed E-state index contributed by atoms with van der Waals surface area (Å²) in [6.07, 6.45) is 8.51. The van der Waals surface area contributed by atoms with E-state index in [2.05, 4.69) is 23.5 Å². The van der Waals surface area contributed by atoms with Crippen LogP contribution in [0, 0.1) is 0 Å². The number of hydrogen-bond donors (Lipinski definition) is 1. The number of benzene rings is 1. The van der Waals surface area contributed by atoms with Crippen molar-refractivity contribution in [2.45, 2.75) is 44.9 Å². The van der Waals surface area contributed by atoms with Gasteiger partial charge in [0.25, 0.3) is 0 Å². The summed E-state index contributed by atoms with van der Waals surface area (Å²) in [5.74, 6) is 0.243. The molecule has 0 radical (unpaired) electrons. The van der Waals surface area contributed by atoms with Crippen molar-refractivity contribution in [3.05, 3.63) is 29.3 Å². The molecule has 0 saturated carbocycles. The summed E-state index contributed by atoms with van der Waals surface area (Å²) >= 11 is 0. The van der Waals surface area contributed by atoms with Gasteiger partial charge in [-0.05, 0) is 55.4 Å². The van der Waals surface area contributed by atoms with Crippen molar-refractivity contribution >= 4 is 11.6 Å². The van der Waals surface area contributed by atoms with Crippen LogP contribution in [0.15, 0.2) is 18.2 Å². The highest BCUT2D eigenvalue weighted by atomic mass is 16.2. The van der Waals surface area contributed by atoms with E-state index in [1.807, 2.05) is 4.90 Å². The maximum Gasteiger partial charge on any atom is 0.241 e. The lowest BCUT2D eigenvalue weighted by Crippen LogP contribution is -2.36. The molecule has 1 aliphatic heterocycles. The van der Waals surface area contributed by atoms with Crippen LogP contribution in [0.5, 0.6) is 0 Å². The summed E-state index contributed by atoms with van der Waals surface area (Å²) < 4.78 is 0. The average Bonchev–Trinajstić information content (AvgIpc) is 2.76. The molecule has 1 aliphatic carbocycles. The van der Waals surface area contributed by atoms with E-state index >= 15 is 0 Å². The maximum absolute atomic E-state index is 12.2. The molecule has 0 spiro atoms. The summed E-state index contributed by atoms with van der Waals surface area (Å²) in [5, 5.41) is 3.30. The molecule has 0 bridgehead atoms. The van der Waals surface area contributed by atoms with Crippen LogP contribution in [0.3, 0.4) is 0 Å².